The number of nitrogens with zero attached hydrogens (tertiary/aromatic N) is 2. The van der Waals surface area contributed by atoms with E-state index in [1.807, 2.05) is 43.3 Å². The molecule has 0 bridgehead atoms. The molecule has 1 N–H and O–H groups in total. The lowest BCUT2D eigenvalue weighted by Crippen LogP contribution is -2.26. The van der Waals surface area contributed by atoms with Crippen molar-refractivity contribution in [2.24, 2.45) is 5.92 Å². The maximum Gasteiger partial charge on any atom is 0.307 e. The Kier molecular flexibility index (Phi) is 4.99. The van der Waals surface area contributed by atoms with Gasteiger partial charge in [-0.3, -0.25) is 9.69 Å². The fourth-order valence-corrected chi connectivity index (χ4v) is 5.64. The zero-order valence-corrected chi connectivity index (χ0v) is 18.9. The van der Waals surface area contributed by atoms with E-state index < -0.39 is 5.97 Å². The highest BCUT2D eigenvalue weighted by Gasteiger charge is 2.37. The van der Waals surface area contributed by atoms with Crippen LogP contribution in [0.3, 0.4) is 0 Å². The molecule has 4 aromatic rings. The number of likely N-dealkylation sites (tertiary alicyclic amines) is 1. The van der Waals surface area contributed by atoms with Crippen molar-refractivity contribution in [1.29, 1.82) is 0 Å². The van der Waals surface area contributed by atoms with E-state index in [1.54, 1.807) is 0 Å². The molecule has 0 saturated carbocycles. The summed E-state index contributed by atoms with van der Waals surface area (Å²) in [5.74, 6) is -1.02. The molecule has 0 radical (unpaired) electrons. The van der Waals surface area contributed by atoms with Crippen LogP contribution in [0.4, 0.5) is 4.39 Å². The predicted octanol–water partition coefficient (Wildman–Crippen LogP) is 6.00. The molecule has 172 valence electrons. The molecule has 1 aromatic heterocycles. The van der Waals surface area contributed by atoms with Crippen LogP contribution in [0.1, 0.15) is 35.6 Å². The largest absolute Gasteiger partial charge is 0.481 e. The van der Waals surface area contributed by atoms with Crippen LogP contribution in [0.25, 0.3) is 33.7 Å². The van der Waals surface area contributed by atoms with Crippen LogP contribution in [0.15, 0.2) is 59.0 Å². The number of aromatic nitrogens is 1. The highest BCUT2D eigenvalue weighted by Crippen LogP contribution is 2.43. The number of carboxylic acid groups (broad SMARTS) is 1. The normalized spacial score (nSPS) is 20.2. The summed E-state index contributed by atoms with van der Waals surface area (Å²) in [6.45, 7) is 3.26. The lowest BCUT2D eigenvalue weighted by Gasteiger charge is -2.24. The van der Waals surface area contributed by atoms with E-state index in [-0.39, 0.29) is 23.4 Å². The number of carbonyl (C=O) groups is 1. The lowest BCUT2D eigenvalue weighted by atomic mass is 9.96. The van der Waals surface area contributed by atoms with Gasteiger partial charge >= 0.3 is 5.97 Å². The standard InChI is InChI=1S/C28H25FN2O3/c1-16-19(17-6-3-2-4-7-17)8-5-9-20(16)27-30-23-14-22-21(25(29)26(23)34-27)10-11-24(22)31-13-12-18(15-31)28(32)33/h2-9,14,18,24H,10-13,15H2,1H3,(H,32,33). The minimum absolute atomic E-state index is 0.0292. The van der Waals surface area contributed by atoms with Crippen molar-refractivity contribution in [2.45, 2.75) is 32.2 Å². The third kappa shape index (κ3) is 3.32. The average molecular weight is 457 g/mol. The Bertz CT molecular complexity index is 1410. The maximum atomic E-state index is 15.6. The van der Waals surface area contributed by atoms with Gasteiger partial charge in [0.05, 0.1) is 5.92 Å². The summed E-state index contributed by atoms with van der Waals surface area (Å²) in [4.78, 5) is 18.3. The SMILES string of the molecule is Cc1c(-c2ccccc2)cccc1-c1nc2cc3c(c(F)c2o1)CCC3N1CCC(C(=O)O)C1. The van der Waals surface area contributed by atoms with Gasteiger partial charge in [-0.15, -0.1) is 0 Å². The molecule has 2 heterocycles. The summed E-state index contributed by atoms with van der Waals surface area (Å²) >= 11 is 0. The molecule has 0 amide bonds. The number of oxazole rings is 1. The van der Waals surface area contributed by atoms with Gasteiger partial charge in [0.1, 0.15) is 5.52 Å². The molecule has 2 unspecified atom stereocenters. The molecular weight excluding hydrogens is 431 g/mol. The van der Waals surface area contributed by atoms with Gasteiger partial charge in [0.25, 0.3) is 0 Å². The van der Waals surface area contributed by atoms with Gasteiger partial charge in [-0.25, -0.2) is 9.37 Å². The van der Waals surface area contributed by atoms with E-state index in [0.29, 0.717) is 36.4 Å². The first-order valence-electron chi connectivity index (χ1n) is 11.8. The number of fused-ring (bicyclic) bond motifs is 2. The number of hydrogen-bond donors (Lipinski definition) is 1. The molecule has 1 saturated heterocycles. The van der Waals surface area contributed by atoms with E-state index in [2.05, 4.69) is 23.1 Å². The number of benzene rings is 3. The monoisotopic (exact) mass is 456 g/mol. The van der Waals surface area contributed by atoms with Crippen LogP contribution in [0.2, 0.25) is 0 Å². The van der Waals surface area contributed by atoms with Gasteiger partial charge < -0.3 is 9.52 Å². The smallest absolute Gasteiger partial charge is 0.307 e. The highest BCUT2D eigenvalue weighted by atomic mass is 19.1. The number of rotatable bonds is 4. The van der Waals surface area contributed by atoms with Crippen molar-refractivity contribution in [1.82, 2.24) is 9.88 Å². The second kappa shape index (κ2) is 8.06. The van der Waals surface area contributed by atoms with Crippen molar-refractivity contribution < 1.29 is 18.7 Å². The first-order chi connectivity index (χ1) is 16.5. The number of halogens is 1. The van der Waals surface area contributed by atoms with Gasteiger partial charge in [0, 0.05) is 18.2 Å². The van der Waals surface area contributed by atoms with Gasteiger partial charge in [-0.1, -0.05) is 42.5 Å². The third-order valence-corrected chi connectivity index (χ3v) is 7.44. The number of aliphatic carboxylic acids is 1. The molecular formula is C28H25FN2O3. The van der Waals surface area contributed by atoms with Crippen molar-refractivity contribution >= 4 is 17.1 Å². The van der Waals surface area contributed by atoms with Gasteiger partial charge in [-0.2, -0.15) is 0 Å². The molecule has 6 rings (SSSR count). The molecule has 34 heavy (non-hydrogen) atoms. The van der Waals surface area contributed by atoms with Crippen LogP contribution < -0.4 is 0 Å². The summed E-state index contributed by atoms with van der Waals surface area (Å²) in [7, 11) is 0. The molecule has 2 atom stereocenters. The average Bonchev–Trinajstić information content (AvgIpc) is 3.58. The van der Waals surface area contributed by atoms with Crippen LogP contribution in [0.5, 0.6) is 0 Å². The van der Waals surface area contributed by atoms with Crippen molar-refractivity contribution in [3.8, 4) is 22.6 Å². The second-order valence-electron chi connectivity index (χ2n) is 9.34. The molecule has 5 nitrogen and oxygen atoms in total. The summed E-state index contributed by atoms with van der Waals surface area (Å²) in [5, 5.41) is 9.37. The fraction of sp³-hybridized carbons (Fsp3) is 0.286. The molecule has 1 aliphatic carbocycles. The van der Waals surface area contributed by atoms with Crippen LogP contribution in [-0.4, -0.2) is 34.0 Å². The summed E-state index contributed by atoms with van der Waals surface area (Å²) in [6, 6.07) is 18.1. The quantitative estimate of drug-likeness (QED) is 0.408. The maximum absolute atomic E-state index is 15.6. The Labute approximate surface area is 196 Å². The summed E-state index contributed by atoms with van der Waals surface area (Å²) in [6.07, 6.45) is 2.04. The molecule has 2 aliphatic rings. The summed E-state index contributed by atoms with van der Waals surface area (Å²) < 4.78 is 21.6. The Hall–Kier alpha value is -3.51. The van der Waals surface area contributed by atoms with Crippen LogP contribution >= 0.6 is 0 Å². The van der Waals surface area contributed by atoms with E-state index in [9.17, 15) is 9.90 Å². The van der Waals surface area contributed by atoms with Crippen LogP contribution in [-0.2, 0) is 11.2 Å². The molecule has 3 aromatic carbocycles. The Morgan fingerprint density at radius 1 is 1.12 bits per heavy atom. The second-order valence-corrected chi connectivity index (χ2v) is 9.34. The van der Waals surface area contributed by atoms with Gasteiger partial charge in [-0.05, 0) is 72.7 Å². The number of hydrogen-bond acceptors (Lipinski definition) is 4. The van der Waals surface area contributed by atoms with Gasteiger partial charge in [0.2, 0.25) is 5.89 Å². The first kappa shape index (κ1) is 21.1. The van der Waals surface area contributed by atoms with E-state index in [1.165, 1.54) is 0 Å². The molecule has 1 aliphatic heterocycles. The number of carboxylic acids is 1. The first-order valence-corrected chi connectivity index (χ1v) is 11.8. The Morgan fingerprint density at radius 2 is 1.91 bits per heavy atom. The zero-order valence-electron chi connectivity index (χ0n) is 18.9. The van der Waals surface area contributed by atoms with Crippen molar-refractivity contribution in [3.05, 3.63) is 77.1 Å². The van der Waals surface area contributed by atoms with E-state index in [0.717, 1.165) is 40.8 Å². The summed E-state index contributed by atoms with van der Waals surface area (Å²) in [5.41, 5.74) is 6.38. The van der Waals surface area contributed by atoms with E-state index >= 15 is 4.39 Å². The topological polar surface area (TPSA) is 66.6 Å². The Balaban J connectivity index is 1.39. The van der Waals surface area contributed by atoms with Gasteiger partial charge in [0.15, 0.2) is 11.4 Å². The molecule has 6 heteroatoms. The van der Waals surface area contributed by atoms with Crippen molar-refractivity contribution in [3.63, 3.8) is 0 Å². The lowest BCUT2D eigenvalue weighted by molar-refractivity contribution is -0.141. The minimum Gasteiger partial charge on any atom is -0.481 e. The minimum atomic E-state index is -0.753. The highest BCUT2D eigenvalue weighted by molar-refractivity contribution is 5.82. The molecule has 0 spiro atoms. The Morgan fingerprint density at radius 3 is 2.68 bits per heavy atom. The van der Waals surface area contributed by atoms with Crippen molar-refractivity contribution in [2.75, 3.05) is 13.1 Å². The van der Waals surface area contributed by atoms with Crippen LogP contribution in [0, 0.1) is 18.7 Å². The van der Waals surface area contributed by atoms with E-state index in [4.69, 9.17) is 9.40 Å². The zero-order chi connectivity index (χ0) is 23.4. The predicted molar refractivity (Wildman–Crippen MR) is 128 cm³/mol. The third-order valence-electron chi connectivity index (χ3n) is 7.44. The fourth-order valence-electron chi connectivity index (χ4n) is 5.64. The molecule has 1 fully saturated rings.